The molecule has 3 nitrogen and oxygen atoms in total. The largest absolute Gasteiger partial charge is 0.339 e. The Bertz CT molecular complexity index is 244. The number of fused-ring (bicyclic) bond motifs is 2. The summed E-state index contributed by atoms with van der Waals surface area (Å²) in [6, 6.07) is 1.21. The molecule has 14 heavy (non-hydrogen) atoms. The van der Waals surface area contributed by atoms with E-state index in [1.807, 2.05) is 0 Å². The third-order valence-electron chi connectivity index (χ3n) is 3.96. The Hall–Kier alpha value is -0.570. The molecule has 0 aromatic heterocycles. The first-order valence-electron chi connectivity index (χ1n) is 5.77. The molecule has 3 heteroatoms. The van der Waals surface area contributed by atoms with Crippen LogP contribution in [0.4, 0.5) is 0 Å². The molecule has 3 heterocycles. The van der Waals surface area contributed by atoms with Crippen molar-refractivity contribution in [3.05, 3.63) is 0 Å². The van der Waals surface area contributed by atoms with Crippen LogP contribution in [0.3, 0.4) is 0 Å². The molecule has 2 atom stereocenters. The van der Waals surface area contributed by atoms with Crippen molar-refractivity contribution in [3.63, 3.8) is 0 Å². The van der Waals surface area contributed by atoms with Gasteiger partial charge in [0, 0.05) is 31.1 Å². The Balaban J connectivity index is 1.57. The molecule has 4 rings (SSSR count). The molecule has 3 saturated heterocycles. The molecule has 0 spiro atoms. The lowest BCUT2D eigenvalue weighted by atomic mass is 9.75. The summed E-state index contributed by atoms with van der Waals surface area (Å²) < 4.78 is 0. The van der Waals surface area contributed by atoms with Gasteiger partial charge in [-0.25, -0.2) is 0 Å². The molecular weight excluding hydrogens is 176 g/mol. The van der Waals surface area contributed by atoms with Gasteiger partial charge in [-0.1, -0.05) is 6.92 Å². The van der Waals surface area contributed by atoms with Gasteiger partial charge in [0.2, 0.25) is 5.91 Å². The Morgan fingerprint density at radius 1 is 1.21 bits per heavy atom. The SMILES string of the molecule is CC1CC(C(=O)N2CC3CC(C2)N3)C1. The van der Waals surface area contributed by atoms with Gasteiger partial charge >= 0.3 is 0 Å². The third-order valence-corrected chi connectivity index (χ3v) is 3.96. The van der Waals surface area contributed by atoms with Crippen LogP contribution in [0.2, 0.25) is 0 Å². The van der Waals surface area contributed by atoms with Crippen molar-refractivity contribution >= 4 is 5.91 Å². The molecule has 2 bridgehead atoms. The van der Waals surface area contributed by atoms with E-state index in [2.05, 4.69) is 17.1 Å². The monoisotopic (exact) mass is 194 g/mol. The lowest BCUT2D eigenvalue weighted by Gasteiger charge is -2.50. The molecule has 1 aliphatic carbocycles. The van der Waals surface area contributed by atoms with Crippen molar-refractivity contribution in [3.8, 4) is 0 Å². The number of hydrogen-bond acceptors (Lipinski definition) is 2. The molecule has 1 amide bonds. The fourth-order valence-electron chi connectivity index (χ4n) is 3.06. The van der Waals surface area contributed by atoms with Gasteiger partial charge < -0.3 is 10.2 Å². The molecule has 1 saturated carbocycles. The standard InChI is InChI=1S/C11H18N2O/c1-7-2-8(3-7)11(14)13-5-9-4-10(6-13)12-9/h7-10,12H,2-6H2,1H3. The summed E-state index contributed by atoms with van der Waals surface area (Å²) in [4.78, 5) is 14.1. The van der Waals surface area contributed by atoms with Gasteiger partial charge in [0.1, 0.15) is 0 Å². The van der Waals surface area contributed by atoms with Crippen LogP contribution in [0.1, 0.15) is 26.2 Å². The highest BCUT2D eigenvalue weighted by Crippen LogP contribution is 2.35. The molecule has 1 N–H and O–H groups in total. The van der Waals surface area contributed by atoms with Crippen molar-refractivity contribution < 1.29 is 4.79 Å². The normalized spacial score (nSPS) is 45.4. The van der Waals surface area contributed by atoms with Crippen LogP contribution in [0, 0.1) is 11.8 Å². The molecule has 2 unspecified atom stereocenters. The fourth-order valence-corrected chi connectivity index (χ4v) is 3.06. The zero-order chi connectivity index (χ0) is 9.71. The molecule has 78 valence electrons. The second-order valence-corrected chi connectivity index (χ2v) is 5.31. The smallest absolute Gasteiger partial charge is 0.225 e. The van der Waals surface area contributed by atoms with Gasteiger partial charge in [-0.05, 0) is 25.2 Å². The number of piperidine rings is 1. The van der Waals surface area contributed by atoms with Gasteiger partial charge in [-0.15, -0.1) is 0 Å². The van der Waals surface area contributed by atoms with Gasteiger partial charge in [-0.3, -0.25) is 4.79 Å². The molecule has 0 radical (unpaired) electrons. The maximum Gasteiger partial charge on any atom is 0.225 e. The van der Waals surface area contributed by atoms with E-state index in [1.54, 1.807) is 0 Å². The Morgan fingerprint density at radius 3 is 2.29 bits per heavy atom. The number of piperazine rings is 1. The van der Waals surface area contributed by atoms with E-state index in [0.29, 0.717) is 23.9 Å². The Labute approximate surface area is 84.8 Å². The quantitative estimate of drug-likeness (QED) is 0.663. The zero-order valence-corrected chi connectivity index (χ0v) is 8.70. The summed E-state index contributed by atoms with van der Waals surface area (Å²) in [6.45, 7) is 4.15. The second-order valence-electron chi connectivity index (χ2n) is 5.31. The van der Waals surface area contributed by atoms with Crippen molar-refractivity contribution in [2.45, 2.75) is 38.3 Å². The van der Waals surface area contributed by atoms with Crippen LogP contribution in [0.5, 0.6) is 0 Å². The molecule has 4 fully saturated rings. The van der Waals surface area contributed by atoms with Crippen LogP contribution in [0.25, 0.3) is 0 Å². The number of carbonyl (C=O) groups is 1. The predicted molar refractivity (Wildman–Crippen MR) is 53.8 cm³/mol. The van der Waals surface area contributed by atoms with Crippen LogP contribution >= 0.6 is 0 Å². The number of nitrogens with zero attached hydrogens (tertiary/aromatic N) is 1. The minimum atomic E-state index is 0.363. The van der Waals surface area contributed by atoms with E-state index >= 15 is 0 Å². The number of amides is 1. The molecule has 4 aliphatic rings. The van der Waals surface area contributed by atoms with Crippen LogP contribution in [0.15, 0.2) is 0 Å². The second kappa shape index (κ2) is 2.96. The minimum Gasteiger partial charge on any atom is -0.339 e. The maximum atomic E-state index is 12.0. The number of rotatable bonds is 1. The topological polar surface area (TPSA) is 32.3 Å². The number of nitrogens with one attached hydrogen (secondary N) is 1. The van der Waals surface area contributed by atoms with Crippen molar-refractivity contribution in [2.24, 2.45) is 11.8 Å². The van der Waals surface area contributed by atoms with Crippen LogP contribution in [-0.2, 0) is 4.79 Å². The summed E-state index contributed by atoms with van der Waals surface area (Å²) in [5, 5.41) is 3.45. The van der Waals surface area contributed by atoms with Gasteiger partial charge in [0.15, 0.2) is 0 Å². The third kappa shape index (κ3) is 1.26. The molecule has 3 aliphatic heterocycles. The maximum absolute atomic E-state index is 12.0. The molecular formula is C11H18N2O. The summed E-state index contributed by atoms with van der Waals surface area (Å²) in [5.74, 6) is 1.57. The van der Waals surface area contributed by atoms with E-state index in [-0.39, 0.29) is 0 Å². The highest BCUT2D eigenvalue weighted by atomic mass is 16.2. The average Bonchev–Trinajstić information content (AvgIpc) is 2.11. The van der Waals surface area contributed by atoms with E-state index in [9.17, 15) is 4.79 Å². The fraction of sp³-hybridized carbons (Fsp3) is 0.909. The number of hydrogen-bond donors (Lipinski definition) is 1. The first kappa shape index (κ1) is 8.72. The lowest BCUT2D eigenvalue weighted by molar-refractivity contribution is -0.143. The lowest BCUT2D eigenvalue weighted by Crippen LogP contribution is -2.68. The molecule has 0 aromatic carbocycles. The van der Waals surface area contributed by atoms with Crippen molar-refractivity contribution in [1.82, 2.24) is 10.2 Å². The van der Waals surface area contributed by atoms with Gasteiger partial charge in [-0.2, -0.15) is 0 Å². The Kier molecular flexibility index (Phi) is 1.84. The van der Waals surface area contributed by atoms with Crippen LogP contribution < -0.4 is 5.32 Å². The first-order chi connectivity index (χ1) is 6.72. The highest BCUT2D eigenvalue weighted by Gasteiger charge is 2.42. The van der Waals surface area contributed by atoms with E-state index in [0.717, 1.165) is 31.8 Å². The van der Waals surface area contributed by atoms with E-state index < -0.39 is 0 Å². The van der Waals surface area contributed by atoms with Gasteiger partial charge in [0.25, 0.3) is 0 Å². The molecule has 0 aromatic rings. The summed E-state index contributed by atoms with van der Waals surface area (Å²) in [7, 11) is 0. The van der Waals surface area contributed by atoms with Crippen molar-refractivity contribution in [2.75, 3.05) is 13.1 Å². The zero-order valence-electron chi connectivity index (χ0n) is 8.70. The summed E-state index contributed by atoms with van der Waals surface area (Å²) in [5.41, 5.74) is 0. The van der Waals surface area contributed by atoms with E-state index in [4.69, 9.17) is 0 Å². The van der Waals surface area contributed by atoms with E-state index in [1.165, 1.54) is 6.42 Å². The summed E-state index contributed by atoms with van der Waals surface area (Å²) in [6.07, 6.45) is 3.53. The predicted octanol–water partition coefficient (Wildman–Crippen LogP) is 0.605. The van der Waals surface area contributed by atoms with Crippen molar-refractivity contribution in [1.29, 1.82) is 0 Å². The van der Waals surface area contributed by atoms with Gasteiger partial charge in [0.05, 0.1) is 0 Å². The minimum absolute atomic E-state index is 0.363. The Morgan fingerprint density at radius 2 is 1.79 bits per heavy atom. The first-order valence-corrected chi connectivity index (χ1v) is 5.77. The highest BCUT2D eigenvalue weighted by molar-refractivity contribution is 5.80. The average molecular weight is 194 g/mol. The number of carbonyl (C=O) groups excluding carboxylic acids is 1. The van der Waals surface area contributed by atoms with Crippen LogP contribution in [-0.4, -0.2) is 36.0 Å². The summed E-state index contributed by atoms with van der Waals surface area (Å²) >= 11 is 0.